The molecule has 152 valence electrons. The van der Waals surface area contributed by atoms with Crippen molar-refractivity contribution < 1.29 is 9.53 Å². The van der Waals surface area contributed by atoms with E-state index in [2.05, 4.69) is 60.7 Å². The maximum absolute atomic E-state index is 12.1. The van der Waals surface area contributed by atoms with E-state index in [9.17, 15) is 4.79 Å². The summed E-state index contributed by atoms with van der Waals surface area (Å²) < 4.78 is 5.54. The minimum Gasteiger partial charge on any atom is -0.457 e. The summed E-state index contributed by atoms with van der Waals surface area (Å²) in [6, 6.07) is 31.3. The number of nitriles is 1. The van der Waals surface area contributed by atoms with Crippen molar-refractivity contribution >= 4 is 16.9 Å². The maximum Gasteiger partial charge on any atom is 0.320 e. The van der Waals surface area contributed by atoms with Crippen molar-refractivity contribution in [2.24, 2.45) is 0 Å². The highest BCUT2D eigenvalue weighted by molar-refractivity contribution is 7.97. The van der Waals surface area contributed by atoms with Gasteiger partial charge in [0.15, 0.2) is 14.7 Å². The van der Waals surface area contributed by atoms with E-state index in [0.717, 1.165) is 5.56 Å². The van der Waals surface area contributed by atoms with Crippen molar-refractivity contribution in [1.29, 1.82) is 5.26 Å². The van der Waals surface area contributed by atoms with Crippen LogP contribution in [0.2, 0.25) is 0 Å². The van der Waals surface area contributed by atoms with E-state index in [0.29, 0.717) is 0 Å². The van der Waals surface area contributed by atoms with Gasteiger partial charge in [0.05, 0.1) is 30.1 Å². The van der Waals surface area contributed by atoms with E-state index >= 15 is 0 Å². The lowest BCUT2D eigenvalue weighted by Crippen LogP contribution is -2.28. The Morgan fingerprint density at radius 2 is 1.43 bits per heavy atom. The molecule has 3 aromatic rings. The predicted molar refractivity (Wildman–Crippen MR) is 119 cm³/mol. The molecule has 0 fully saturated rings. The zero-order valence-electron chi connectivity index (χ0n) is 17.2. The van der Waals surface area contributed by atoms with E-state index in [1.807, 2.05) is 37.3 Å². The summed E-state index contributed by atoms with van der Waals surface area (Å²) >= 11 is 0. The molecule has 3 rings (SSSR count). The zero-order chi connectivity index (χ0) is 21.3. The fourth-order valence-corrected chi connectivity index (χ4v) is 5.18. The van der Waals surface area contributed by atoms with Crippen molar-refractivity contribution in [1.82, 2.24) is 4.90 Å². The molecular formula is C25H25N2O2S+. The summed E-state index contributed by atoms with van der Waals surface area (Å²) in [5.41, 5.74) is 0.944. The zero-order valence-corrected chi connectivity index (χ0v) is 18.0. The lowest BCUT2D eigenvalue weighted by molar-refractivity contribution is -0.149. The summed E-state index contributed by atoms with van der Waals surface area (Å²) in [7, 11) is 1.52. The minimum atomic E-state index is -0.350. The van der Waals surface area contributed by atoms with Gasteiger partial charge < -0.3 is 4.74 Å². The molecule has 3 aromatic carbocycles. The Bertz CT molecular complexity index is 946. The van der Waals surface area contributed by atoms with Crippen LogP contribution < -0.4 is 0 Å². The summed E-state index contributed by atoms with van der Waals surface area (Å²) in [5, 5.41) is 8.70. The van der Waals surface area contributed by atoms with Crippen LogP contribution in [0.4, 0.5) is 0 Å². The van der Waals surface area contributed by atoms with Crippen LogP contribution in [-0.4, -0.2) is 31.0 Å². The molecule has 0 bridgehead atoms. The molecule has 1 atom stereocenters. The molecule has 0 spiro atoms. The topological polar surface area (TPSA) is 53.3 Å². The molecule has 0 radical (unpaired) electrons. The molecule has 0 heterocycles. The lowest BCUT2D eigenvalue weighted by atomic mass is 10.1. The number of hydrogen-bond acceptors (Lipinski definition) is 4. The molecule has 30 heavy (non-hydrogen) atoms. The van der Waals surface area contributed by atoms with Crippen LogP contribution in [0.3, 0.4) is 0 Å². The van der Waals surface area contributed by atoms with Crippen LogP contribution in [-0.2, 0) is 20.4 Å². The molecular weight excluding hydrogens is 392 g/mol. The van der Waals surface area contributed by atoms with Crippen LogP contribution in [0.1, 0.15) is 18.6 Å². The Kier molecular flexibility index (Phi) is 7.67. The molecule has 5 heteroatoms. The number of ether oxygens (including phenoxy) is 1. The summed E-state index contributed by atoms with van der Waals surface area (Å²) in [6.07, 6.45) is -0.350. The molecule has 0 saturated heterocycles. The average molecular weight is 418 g/mol. The molecule has 0 saturated carbocycles. The second kappa shape index (κ2) is 10.6. The van der Waals surface area contributed by atoms with E-state index in [1.165, 1.54) is 14.7 Å². The van der Waals surface area contributed by atoms with Crippen LogP contribution in [0.25, 0.3) is 0 Å². The van der Waals surface area contributed by atoms with Crippen molar-refractivity contribution in [2.75, 3.05) is 20.1 Å². The quantitative estimate of drug-likeness (QED) is 0.299. The second-order valence-electron chi connectivity index (χ2n) is 6.96. The van der Waals surface area contributed by atoms with Gasteiger partial charge in [0, 0.05) is 0 Å². The van der Waals surface area contributed by atoms with Gasteiger partial charge in [0.1, 0.15) is 6.10 Å². The predicted octanol–water partition coefficient (Wildman–Crippen LogP) is 4.84. The highest BCUT2D eigenvalue weighted by Gasteiger charge is 2.28. The summed E-state index contributed by atoms with van der Waals surface area (Å²) in [4.78, 5) is 17.4. The molecule has 0 N–H and O–H groups in total. The van der Waals surface area contributed by atoms with Crippen LogP contribution >= 0.6 is 0 Å². The Morgan fingerprint density at radius 1 is 0.933 bits per heavy atom. The van der Waals surface area contributed by atoms with Crippen LogP contribution in [0, 0.1) is 11.3 Å². The van der Waals surface area contributed by atoms with Gasteiger partial charge in [-0.15, -0.1) is 0 Å². The minimum absolute atomic E-state index is 0.0987. The number of benzene rings is 3. The molecule has 0 aliphatic carbocycles. The third kappa shape index (κ3) is 5.73. The average Bonchev–Trinajstić information content (AvgIpc) is 2.76. The highest BCUT2D eigenvalue weighted by atomic mass is 32.2. The lowest BCUT2D eigenvalue weighted by Gasteiger charge is -2.17. The van der Waals surface area contributed by atoms with Gasteiger partial charge in [-0.3, -0.25) is 9.69 Å². The molecule has 1 unspecified atom stereocenters. The van der Waals surface area contributed by atoms with Gasteiger partial charge in [-0.1, -0.05) is 48.5 Å². The van der Waals surface area contributed by atoms with E-state index < -0.39 is 0 Å². The SMILES string of the molecule is CC(OC(=O)CN(C)CC#N)c1ccc([S+](c2ccccc2)c2ccccc2)cc1. The fourth-order valence-electron chi connectivity index (χ4n) is 3.10. The maximum atomic E-state index is 12.1. The Labute approximate surface area is 181 Å². The van der Waals surface area contributed by atoms with Gasteiger partial charge in [0.2, 0.25) is 0 Å². The fraction of sp³-hybridized carbons (Fsp3) is 0.200. The first-order valence-corrected chi connectivity index (χ1v) is 11.0. The van der Waals surface area contributed by atoms with Crippen molar-refractivity contribution in [3.63, 3.8) is 0 Å². The Morgan fingerprint density at radius 3 is 1.93 bits per heavy atom. The number of hydrogen-bond donors (Lipinski definition) is 0. The standard InChI is InChI=1S/C25H25N2O2S/c1-20(29-25(28)19-27(2)18-17-26)21-13-15-24(16-14-21)30(22-9-5-3-6-10-22)23-11-7-4-8-12-23/h3-16,20H,18-19H2,1-2H3/q+1. The number of nitrogens with zero attached hydrogens (tertiary/aromatic N) is 2. The summed E-state index contributed by atoms with van der Waals surface area (Å²) in [5.74, 6) is -0.336. The Balaban J connectivity index is 1.77. The number of carbonyl (C=O) groups is 1. The van der Waals surface area contributed by atoms with Gasteiger partial charge >= 0.3 is 5.97 Å². The van der Waals surface area contributed by atoms with Gasteiger partial charge in [-0.05, 0) is 55.9 Å². The summed E-state index contributed by atoms with van der Waals surface area (Å²) in [6.45, 7) is 2.16. The highest BCUT2D eigenvalue weighted by Crippen LogP contribution is 2.31. The van der Waals surface area contributed by atoms with Crippen LogP contribution in [0.15, 0.2) is 99.6 Å². The van der Waals surface area contributed by atoms with E-state index in [4.69, 9.17) is 10.00 Å². The third-order valence-electron chi connectivity index (χ3n) is 4.59. The van der Waals surface area contributed by atoms with E-state index in [-0.39, 0.29) is 36.1 Å². The second-order valence-corrected chi connectivity index (χ2v) is 8.99. The van der Waals surface area contributed by atoms with Crippen molar-refractivity contribution in [3.05, 3.63) is 90.5 Å². The first-order valence-electron chi connectivity index (χ1n) is 9.78. The molecule has 0 aliphatic heterocycles. The van der Waals surface area contributed by atoms with Gasteiger partial charge in [0.25, 0.3) is 0 Å². The Hall–Kier alpha value is -3.07. The number of carbonyl (C=O) groups excluding carboxylic acids is 1. The molecule has 0 amide bonds. The normalized spacial score (nSPS) is 11.8. The molecule has 0 aromatic heterocycles. The number of rotatable bonds is 8. The third-order valence-corrected chi connectivity index (χ3v) is 6.82. The van der Waals surface area contributed by atoms with Crippen molar-refractivity contribution in [2.45, 2.75) is 27.7 Å². The smallest absolute Gasteiger partial charge is 0.320 e. The van der Waals surface area contributed by atoms with Crippen LogP contribution in [0.5, 0.6) is 0 Å². The first kappa shape index (κ1) is 21.6. The largest absolute Gasteiger partial charge is 0.457 e. The van der Waals surface area contributed by atoms with Gasteiger partial charge in [-0.2, -0.15) is 5.26 Å². The molecule has 4 nitrogen and oxygen atoms in total. The molecule has 0 aliphatic rings. The van der Waals surface area contributed by atoms with Crippen molar-refractivity contribution in [3.8, 4) is 6.07 Å². The monoisotopic (exact) mass is 417 g/mol. The van der Waals surface area contributed by atoms with E-state index in [1.54, 1.807) is 11.9 Å². The first-order chi connectivity index (χ1) is 14.6. The number of likely N-dealkylation sites (N-methyl/N-ethyl adjacent to an activating group) is 1. The van der Waals surface area contributed by atoms with Gasteiger partial charge in [-0.25, -0.2) is 0 Å². The number of esters is 1.